The van der Waals surface area contributed by atoms with E-state index >= 15 is 0 Å². The Kier molecular flexibility index (Phi) is 6.94. The number of hydrogen-bond acceptors (Lipinski definition) is 5. The number of carbonyl (C=O) groups is 3. The number of nitrogens with zero attached hydrogens (tertiary/aromatic N) is 2. The molecule has 32 heavy (non-hydrogen) atoms. The average molecular weight is 465 g/mol. The van der Waals surface area contributed by atoms with Gasteiger partial charge in [-0.05, 0) is 49.9 Å². The fourth-order valence-corrected chi connectivity index (χ4v) is 6.01. The number of anilines is 1. The molecule has 2 N–H and O–H groups in total. The van der Waals surface area contributed by atoms with Crippen LogP contribution < -0.4 is 10.6 Å². The van der Waals surface area contributed by atoms with Crippen LogP contribution in [-0.2, 0) is 19.6 Å². The van der Waals surface area contributed by atoms with Crippen LogP contribution in [-0.4, -0.2) is 60.6 Å². The molecule has 0 radical (unpaired) electrons. The van der Waals surface area contributed by atoms with Crippen molar-refractivity contribution in [2.75, 3.05) is 25.0 Å². The van der Waals surface area contributed by atoms with Crippen LogP contribution in [0.25, 0.3) is 0 Å². The van der Waals surface area contributed by atoms with Crippen LogP contribution in [0.1, 0.15) is 57.1 Å². The van der Waals surface area contributed by atoms with Crippen molar-refractivity contribution in [1.82, 2.24) is 14.5 Å². The molecule has 1 spiro atoms. The highest BCUT2D eigenvalue weighted by atomic mass is 32.2. The van der Waals surface area contributed by atoms with E-state index in [0.717, 1.165) is 28.9 Å². The Labute approximate surface area is 189 Å². The maximum atomic E-state index is 12.9. The van der Waals surface area contributed by atoms with E-state index in [0.29, 0.717) is 31.6 Å². The van der Waals surface area contributed by atoms with Gasteiger partial charge < -0.3 is 10.6 Å². The minimum atomic E-state index is -3.68. The summed E-state index contributed by atoms with van der Waals surface area (Å²) in [5, 5.41) is 5.56. The first kappa shape index (κ1) is 24.2. The van der Waals surface area contributed by atoms with Crippen LogP contribution in [0.4, 0.5) is 10.5 Å². The molecule has 0 aromatic heterocycles. The number of imide groups is 1. The number of benzene rings is 1. The number of nitrogens with one attached hydrogen (secondary N) is 2. The summed E-state index contributed by atoms with van der Waals surface area (Å²) in [6.07, 6.45) is 2.98. The van der Waals surface area contributed by atoms with Gasteiger partial charge in [0.15, 0.2) is 0 Å². The molecular formula is C22H32N4O5S. The first-order valence-electron chi connectivity index (χ1n) is 11.1. The largest absolute Gasteiger partial charge is 0.326 e. The molecule has 1 aliphatic carbocycles. The summed E-state index contributed by atoms with van der Waals surface area (Å²) in [7, 11) is -3.68. The molecule has 1 saturated carbocycles. The molecule has 2 fully saturated rings. The van der Waals surface area contributed by atoms with E-state index in [-0.39, 0.29) is 23.8 Å². The minimum Gasteiger partial charge on any atom is -0.326 e. The normalized spacial score (nSPS) is 18.0. The number of amides is 4. The zero-order valence-electron chi connectivity index (χ0n) is 19.2. The topological polar surface area (TPSA) is 116 Å². The van der Waals surface area contributed by atoms with Gasteiger partial charge in [-0.2, -0.15) is 4.31 Å². The molecule has 1 aromatic rings. The SMILES string of the molecule is CCN(CC)S(=O)(=O)c1cc(C)c(C)c(NC(=O)CCN2C(=O)NC3(CCCC3)C2=O)c1. The van der Waals surface area contributed by atoms with Gasteiger partial charge in [0, 0.05) is 31.7 Å². The van der Waals surface area contributed by atoms with Crippen molar-refractivity contribution in [2.45, 2.75) is 70.2 Å². The number of hydrogen-bond donors (Lipinski definition) is 2. The number of aryl methyl sites for hydroxylation is 1. The molecule has 3 rings (SSSR count). The highest BCUT2D eigenvalue weighted by molar-refractivity contribution is 7.89. The third-order valence-corrected chi connectivity index (χ3v) is 8.55. The molecule has 0 atom stereocenters. The molecule has 1 aromatic carbocycles. The van der Waals surface area contributed by atoms with Gasteiger partial charge in [-0.15, -0.1) is 0 Å². The molecular weight excluding hydrogens is 432 g/mol. The Hall–Kier alpha value is -2.46. The Bertz CT molecular complexity index is 1030. The van der Waals surface area contributed by atoms with Gasteiger partial charge in [0.1, 0.15) is 5.54 Å². The van der Waals surface area contributed by atoms with Crippen molar-refractivity contribution in [3.63, 3.8) is 0 Å². The monoisotopic (exact) mass is 464 g/mol. The van der Waals surface area contributed by atoms with Crippen molar-refractivity contribution >= 4 is 33.6 Å². The molecule has 2 aliphatic rings. The number of sulfonamides is 1. The van der Waals surface area contributed by atoms with Crippen molar-refractivity contribution in [1.29, 1.82) is 0 Å². The zero-order valence-corrected chi connectivity index (χ0v) is 20.0. The smallest absolute Gasteiger partial charge is 0.325 e. The third kappa shape index (κ3) is 4.38. The summed E-state index contributed by atoms with van der Waals surface area (Å²) in [4.78, 5) is 38.9. The van der Waals surface area contributed by atoms with Crippen LogP contribution in [0.15, 0.2) is 17.0 Å². The Morgan fingerprint density at radius 1 is 1.16 bits per heavy atom. The lowest BCUT2D eigenvalue weighted by atomic mass is 9.98. The van der Waals surface area contributed by atoms with Crippen molar-refractivity contribution in [2.24, 2.45) is 0 Å². The summed E-state index contributed by atoms with van der Waals surface area (Å²) in [6.45, 7) is 7.82. The van der Waals surface area contributed by atoms with Crippen LogP contribution in [0.2, 0.25) is 0 Å². The molecule has 4 amide bonds. The number of urea groups is 1. The number of carbonyl (C=O) groups excluding carboxylic acids is 3. The van der Waals surface area contributed by atoms with E-state index in [1.807, 2.05) is 0 Å². The number of rotatable bonds is 8. The van der Waals surface area contributed by atoms with E-state index in [2.05, 4.69) is 10.6 Å². The highest BCUT2D eigenvalue weighted by Gasteiger charge is 2.52. The van der Waals surface area contributed by atoms with Gasteiger partial charge in [-0.1, -0.05) is 26.7 Å². The zero-order chi connectivity index (χ0) is 23.7. The summed E-state index contributed by atoms with van der Waals surface area (Å²) < 4.78 is 27.2. The lowest BCUT2D eigenvalue weighted by Gasteiger charge is -2.21. The van der Waals surface area contributed by atoms with Gasteiger partial charge in [-0.25, -0.2) is 13.2 Å². The van der Waals surface area contributed by atoms with Gasteiger partial charge in [0.05, 0.1) is 4.90 Å². The van der Waals surface area contributed by atoms with Crippen LogP contribution in [0, 0.1) is 13.8 Å². The third-order valence-electron chi connectivity index (χ3n) is 6.52. The quantitative estimate of drug-likeness (QED) is 0.574. The summed E-state index contributed by atoms with van der Waals surface area (Å²) >= 11 is 0. The fraction of sp³-hybridized carbons (Fsp3) is 0.591. The summed E-state index contributed by atoms with van der Waals surface area (Å²) in [5.41, 5.74) is 1.11. The van der Waals surface area contributed by atoms with E-state index < -0.39 is 27.5 Å². The molecule has 10 heteroatoms. The maximum absolute atomic E-state index is 12.9. The molecule has 0 bridgehead atoms. The molecule has 1 saturated heterocycles. The van der Waals surface area contributed by atoms with Crippen LogP contribution in [0.3, 0.4) is 0 Å². The van der Waals surface area contributed by atoms with E-state index in [4.69, 9.17) is 0 Å². The Morgan fingerprint density at radius 2 is 1.78 bits per heavy atom. The first-order chi connectivity index (χ1) is 15.1. The fourth-order valence-electron chi connectivity index (χ4n) is 4.44. The second-order valence-electron chi connectivity index (χ2n) is 8.48. The Balaban J connectivity index is 1.72. The predicted molar refractivity (Wildman–Crippen MR) is 121 cm³/mol. The first-order valence-corrected chi connectivity index (χ1v) is 12.5. The van der Waals surface area contributed by atoms with Crippen molar-refractivity contribution in [3.8, 4) is 0 Å². The molecule has 176 valence electrons. The predicted octanol–water partition coefficient (Wildman–Crippen LogP) is 2.53. The Morgan fingerprint density at radius 3 is 2.38 bits per heavy atom. The van der Waals surface area contributed by atoms with Crippen molar-refractivity contribution in [3.05, 3.63) is 23.3 Å². The van der Waals surface area contributed by atoms with E-state index in [1.54, 1.807) is 33.8 Å². The second-order valence-corrected chi connectivity index (χ2v) is 10.4. The molecule has 1 aliphatic heterocycles. The minimum absolute atomic E-state index is 0.0201. The molecule has 0 unspecified atom stereocenters. The van der Waals surface area contributed by atoms with Crippen LogP contribution >= 0.6 is 0 Å². The standard InChI is InChI=1S/C22H32N4O5S/c1-5-25(6-2)32(30,31)17-13-15(3)16(4)18(14-17)23-19(27)9-12-26-20(28)22(24-21(26)29)10-7-8-11-22/h13-14H,5-12H2,1-4H3,(H,23,27)(H,24,29). The van der Waals surface area contributed by atoms with Gasteiger partial charge in [-0.3, -0.25) is 14.5 Å². The van der Waals surface area contributed by atoms with Gasteiger partial charge in [0.2, 0.25) is 15.9 Å². The average Bonchev–Trinajstić information content (AvgIpc) is 3.29. The van der Waals surface area contributed by atoms with Gasteiger partial charge in [0.25, 0.3) is 5.91 Å². The maximum Gasteiger partial charge on any atom is 0.325 e. The lowest BCUT2D eigenvalue weighted by molar-refractivity contribution is -0.131. The van der Waals surface area contributed by atoms with Crippen molar-refractivity contribution < 1.29 is 22.8 Å². The molecule has 1 heterocycles. The van der Waals surface area contributed by atoms with E-state index in [1.165, 1.54) is 10.4 Å². The van der Waals surface area contributed by atoms with E-state index in [9.17, 15) is 22.8 Å². The summed E-state index contributed by atoms with van der Waals surface area (Å²) in [6, 6.07) is 2.62. The van der Waals surface area contributed by atoms with Crippen LogP contribution in [0.5, 0.6) is 0 Å². The van der Waals surface area contributed by atoms with Gasteiger partial charge >= 0.3 is 6.03 Å². The molecule has 9 nitrogen and oxygen atoms in total. The summed E-state index contributed by atoms with van der Waals surface area (Å²) in [5.74, 6) is -0.648. The second kappa shape index (κ2) is 9.19. The highest BCUT2D eigenvalue weighted by Crippen LogP contribution is 2.35. The lowest BCUT2D eigenvalue weighted by Crippen LogP contribution is -2.44.